The van der Waals surface area contributed by atoms with Crippen LogP contribution in [0.15, 0.2) is 34.7 Å². The molecule has 0 saturated heterocycles. The Bertz CT molecular complexity index is 701. The van der Waals surface area contributed by atoms with Gasteiger partial charge in [-0.2, -0.15) is 0 Å². The number of aliphatic hydroxyl groups is 1. The molecule has 122 valence electrons. The second-order valence-electron chi connectivity index (χ2n) is 6.96. The van der Waals surface area contributed by atoms with Crippen molar-refractivity contribution < 1.29 is 14.3 Å². The monoisotopic (exact) mass is 314 g/mol. The number of hydrogen-bond acceptors (Lipinski definition) is 4. The molecule has 1 N–H and O–H groups in total. The fraction of sp³-hybridized carbons (Fsp3) is 0.444. The molecule has 2 aromatic rings. The van der Waals surface area contributed by atoms with E-state index in [1.165, 1.54) is 0 Å². The highest BCUT2D eigenvalue weighted by Gasteiger charge is 2.31. The molecule has 1 aliphatic heterocycles. The molecule has 2 heterocycles. The standard InChI is InChI=1S/C18H22N2O3/c1-18(2,3)17-19-13-11-20(10-9-14(13)23-17)16(22)15(21)12-7-5-4-6-8-12/h4-8,15,21H,9-11H2,1-3H3/t15-/m0/s1. The lowest BCUT2D eigenvalue weighted by atomic mass is 9.97. The molecular formula is C18H22N2O3. The molecule has 0 fully saturated rings. The molecule has 1 amide bonds. The number of benzene rings is 1. The summed E-state index contributed by atoms with van der Waals surface area (Å²) in [6, 6.07) is 9.00. The van der Waals surface area contributed by atoms with Gasteiger partial charge in [-0.3, -0.25) is 4.79 Å². The van der Waals surface area contributed by atoms with Crippen molar-refractivity contribution >= 4 is 5.91 Å². The molecule has 0 aliphatic carbocycles. The average molecular weight is 314 g/mol. The molecule has 0 saturated carbocycles. The van der Waals surface area contributed by atoms with Gasteiger partial charge in [-0.1, -0.05) is 51.1 Å². The molecule has 1 aromatic carbocycles. The Hall–Kier alpha value is -2.14. The molecule has 5 nitrogen and oxygen atoms in total. The highest BCUT2D eigenvalue weighted by Crippen LogP contribution is 2.28. The summed E-state index contributed by atoms with van der Waals surface area (Å²) >= 11 is 0. The number of aromatic nitrogens is 1. The maximum atomic E-state index is 12.5. The second kappa shape index (κ2) is 5.81. The Labute approximate surface area is 135 Å². The van der Waals surface area contributed by atoms with Crippen LogP contribution in [0.4, 0.5) is 0 Å². The molecule has 23 heavy (non-hydrogen) atoms. The van der Waals surface area contributed by atoms with Crippen molar-refractivity contribution in [3.63, 3.8) is 0 Å². The molecule has 0 bridgehead atoms. The molecule has 1 atom stereocenters. The first-order chi connectivity index (χ1) is 10.9. The van der Waals surface area contributed by atoms with Crippen LogP contribution in [-0.4, -0.2) is 27.4 Å². The maximum absolute atomic E-state index is 12.5. The summed E-state index contributed by atoms with van der Waals surface area (Å²) in [5, 5.41) is 10.3. The Morgan fingerprint density at radius 2 is 2.00 bits per heavy atom. The maximum Gasteiger partial charge on any atom is 0.256 e. The van der Waals surface area contributed by atoms with E-state index in [1.54, 1.807) is 17.0 Å². The molecule has 0 spiro atoms. The topological polar surface area (TPSA) is 66.6 Å². The van der Waals surface area contributed by atoms with E-state index < -0.39 is 6.10 Å². The number of oxazole rings is 1. The van der Waals surface area contributed by atoms with Gasteiger partial charge in [0.1, 0.15) is 11.5 Å². The highest BCUT2D eigenvalue weighted by atomic mass is 16.4. The summed E-state index contributed by atoms with van der Waals surface area (Å²) in [5.41, 5.74) is 1.25. The quantitative estimate of drug-likeness (QED) is 0.925. The van der Waals surface area contributed by atoms with Crippen LogP contribution in [0.2, 0.25) is 0 Å². The van der Waals surface area contributed by atoms with E-state index in [0.29, 0.717) is 31.0 Å². The SMILES string of the molecule is CC(C)(C)c1nc2c(o1)CCN(C(=O)[C@@H](O)c1ccccc1)C2. The van der Waals surface area contributed by atoms with Crippen LogP contribution < -0.4 is 0 Å². The van der Waals surface area contributed by atoms with Crippen molar-refractivity contribution in [2.45, 2.75) is 45.3 Å². The molecule has 3 rings (SSSR count). The van der Waals surface area contributed by atoms with E-state index >= 15 is 0 Å². The van der Waals surface area contributed by atoms with Gasteiger partial charge in [0, 0.05) is 18.4 Å². The lowest BCUT2D eigenvalue weighted by Crippen LogP contribution is -2.38. The number of nitrogens with zero attached hydrogens (tertiary/aromatic N) is 2. The van der Waals surface area contributed by atoms with E-state index in [2.05, 4.69) is 4.98 Å². The van der Waals surface area contributed by atoms with Gasteiger partial charge in [0.15, 0.2) is 12.0 Å². The number of amides is 1. The first-order valence-electron chi connectivity index (χ1n) is 7.87. The lowest BCUT2D eigenvalue weighted by Gasteiger charge is -2.27. The zero-order chi connectivity index (χ0) is 16.6. The van der Waals surface area contributed by atoms with Crippen LogP contribution in [0.1, 0.15) is 49.8 Å². The first-order valence-corrected chi connectivity index (χ1v) is 7.87. The van der Waals surface area contributed by atoms with Gasteiger partial charge in [0.2, 0.25) is 0 Å². The highest BCUT2D eigenvalue weighted by molar-refractivity contribution is 5.82. The molecule has 1 aliphatic rings. The van der Waals surface area contributed by atoms with Crippen LogP contribution in [0, 0.1) is 0 Å². The summed E-state index contributed by atoms with van der Waals surface area (Å²) in [6.45, 7) is 7.07. The zero-order valence-electron chi connectivity index (χ0n) is 13.7. The van der Waals surface area contributed by atoms with Gasteiger partial charge < -0.3 is 14.4 Å². The lowest BCUT2D eigenvalue weighted by molar-refractivity contribution is -0.141. The number of fused-ring (bicyclic) bond motifs is 1. The summed E-state index contributed by atoms with van der Waals surface area (Å²) < 4.78 is 5.83. The summed E-state index contributed by atoms with van der Waals surface area (Å²) in [4.78, 5) is 18.7. The first kappa shape index (κ1) is 15.7. The normalized spacial score (nSPS) is 16.1. The van der Waals surface area contributed by atoms with Gasteiger partial charge >= 0.3 is 0 Å². The fourth-order valence-corrected chi connectivity index (χ4v) is 2.66. The third-order valence-corrected chi connectivity index (χ3v) is 4.03. The largest absolute Gasteiger partial charge is 0.445 e. The zero-order valence-corrected chi connectivity index (χ0v) is 13.7. The predicted octanol–water partition coefficient (Wildman–Crippen LogP) is 2.59. The minimum atomic E-state index is -1.13. The summed E-state index contributed by atoms with van der Waals surface area (Å²) in [7, 11) is 0. The minimum absolute atomic E-state index is 0.157. The van der Waals surface area contributed by atoms with Crippen LogP contribution in [0.25, 0.3) is 0 Å². The minimum Gasteiger partial charge on any atom is -0.445 e. The van der Waals surface area contributed by atoms with Gasteiger partial charge in [-0.15, -0.1) is 0 Å². The van der Waals surface area contributed by atoms with E-state index in [-0.39, 0.29) is 11.3 Å². The van der Waals surface area contributed by atoms with Crippen molar-refractivity contribution in [1.29, 1.82) is 0 Å². The van der Waals surface area contributed by atoms with Crippen LogP contribution in [0.5, 0.6) is 0 Å². The third-order valence-electron chi connectivity index (χ3n) is 4.03. The molecule has 0 radical (unpaired) electrons. The van der Waals surface area contributed by atoms with Crippen molar-refractivity contribution in [3.8, 4) is 0 Å². The fourth-order valence-electron chi connectivity index (χ4n) is 2.66. The molecular weight excluding hydrogens is 292 g/mol. The molecule has 0 unspecified atom stereocenters. The van der Waals surface area contributed by atoms with Crippen LogP contribution in [-0.2, 0) is 23.2 Å². The van der Waals surface area contributed by atoms with E-state index in [4.69, 9.17) is 4.42 Å². The van der Waals surface area contributed by atoms with Crippen molar-refractivity contribution in [3.05, 3.63) is 53.2 Å². The van der Waals surface area contributed by atoms with Crippen LogP contribution in [0.3, 0.4) is 0 Å². The van der Waals surface area contributed by atoms with Gasteiger partial charge in [0.05, 0.1) is 6.54 Å². The molecule has 5 heteroatoms. The van der Waals surface area contributed by atoms with E-state index in [0.717, 1.165) is 11.5 Å². The summed E-state index contributed by atoms with van der Waals surface area (Å²) in [5.74, 6) is 1.26. The number of aliphatic hydroxyl groups excluding tert-OH is 1. The van der Waals surface area contributed by atoms with Crippen molar-refractivity contribution in [2.75, 3.05) is 6.54 Å². The number of carbonyl (C=O) groups is 1. The summed E-state index contributed by atoms with van der Waals surface area (Å²) in [6.07, 6.45) is -0.502. The Balaban J connectivity index is 1.76. The number of carbonyl (C=O) groups excluding carboxylic acids is 1. The van der Waals surface area contributed by atoms with Gasteiger partial charge in [-0.05, 0) is 5.56 Å². The smallest absolute Gasteiger partial charge is 0.256 e. The Kier molecular flexibility index (Phi) is 3.98. The van der Waals surface area contributed by atoms with Crippen molar-refractivity contribution in [1.82, 2.24) is 9.88 Å². The Morgan fingerprint density at radius 3 is 2.65 bits per heavy atom. The third kappa shape index (κ3) is 3.15. The average Bonchev–Trinajstić information content (AvgIpc) is 2.97. The second-order valence-corrected chi connectivity index (χ2v) is 6.96. The van der Waals surface area contributed by atoms with E-state index in [1.807, 2.05) is 39.0 Å². The predicted molar refractivity (Wildman–Crippen MR) is 85.7 cm³/mol. The van der Waals surface area contributed by atoms with Crippen LogP contribution >= 0.6 is 0 Å². The number of hydrogen-bond donors (Lipinski definition) is 1. The van der Waals surface area contributed by atoms with E-state index in [9.17, 15) is 9.90 Å². The number of rotatable bonds is 2. The van der Waals surface area contributed by atoms with Crippen molar-refractivity contribution in [2.24, 2.45) is 0 Å². The Morgan fingerprint density at radius 1 is 1.30 bits per heavy atom. The molecule has 1 aromatic heterocycles. The van der Waals surface area contributed by atoms with Gasteiger partial charge in [-0.25, -0.2) is 4.98 Å². The van der Waals surface area contributed by atoms with Gasteiger partial charge in [0.25, 0.3) is 5.91 Å².